The highest BCUT2D eigenvalue weighted by molar-refractivity contribution is 5.96. The predicted octanol–water partition coefficient (Wildman–Crippen LogP) is 2.41. The molecule has 1 unspecified atom stereocenters. The molecule has 4 heteroatoms. The smallest absolute Gasteiger partial charge is 0.254 e. The predicted molar refractivity (Wildman–Crippen MR) is 81.1 cm³/mol. The van der Waals surface area contributed by atoms with Gasteiger partial charge in [0.25, 0.3) is 5.91 Å². The minimum Gasteiger partial charge on any atom is -0.338 e. The average Bonchev–Trinajstić information content (AvgIpc) is 2.80. The Hall–Kier alpha value is -1.06. The molecule has 3 nitrogen and oxygen atoms in total. The molecule has 0 aliphatic carbocycles. The van der Waals surface area contributed by atoms with Crippen LogP contribution in [0.3, 0.4) is 0 Å². The minimum atomic E-state index is 0. The Morgan fingerprint density at radius 1 is 1.42 bits per heavy atom. The second kappa shape index (κ2) is 6.92. The van der Waals surface area contributed by atoms with Crippen LogP contribution in [0.25, 0.3) is 0 Å². The molecule has 0 spiro atoms. The van der Waals surface area contributed by atoms with E-state index >= 15 is 0 Å². The summed E-state index contributed by atoms with van der Waals surface area (Å²) in [5.41, 5.74) is 3.08. The Bertz CT molecular complexity index is 448. The number of carbonyl (C=O) groups excluding carboxylic acids is 1. The number of hydrogen-bond acceptors (Lipinski definition) is 2. The van der Waals surface area contributed by atoms with Crippen LogP contribution in [0, 0.1) is 19.8 Å². The Labute approximate surface area is 121 Å². The zero-order valence-electron chi connectivity index (χ0n) is 11.9. The first-order valence-electron chi connectivity index (χ1n) is 6.63. The number of amides is 1. The molecule has 1 aliphatic heterocycles. The van der Waals surface area contributed by atoms with Crippen LogP contribution < -0.4 is 5.32 Å². The van der Waals surface area contributed by atoms with Crippen LogP contribution in [0.1, 0.15) is 27.9 Å². The van der Waals surface area contributed by atoms with Gasteiger partial charge in [-0.15, -0.1) is 12.4 Å². The highest BCUT2D eigenvalue weighted by Crippen LogP contribution is 2.20. The van der Waals surface area contributed by atoms with E-state index in [1.54, 1.807) is 0 Å². The van der Waals surface area contributed by atoms with E-state index in [4.69, 9.17) is 0 Å². The fraction of sp³-hybridized carbons (Fsp3) is 0.533. The van der Waals surface area contributed by atoms with Gasteiger partial charge in [-0.1, -0.05) is 17.7 Å². The van der Waals surface area contributed by atoms with Crippen molar-refractivity contribution >= 4 is 18.3 Å². The molecule has 1 aromatic rings. The molecule has 1 N–H and O–H groups in total. The molecule has 106 valence electrons. The van der Waals surface area contributed by atoms with Gasteiger partial charge < -0.3 is 10.2 Å². The first-order chi connectivity index (χ1) is 8.61. The molecule has 0 radical (unpaired) electrons. The number of benzene rings is 1. The number of halogens is 1. The standard InChI is InChI=1S/C15H22N2O.ClH/c1-11-4-5-12(2)14(8-11)15(18)17-7-6-13(10-17)9-16-3;/h4-5,8,13,16H,6-7,9-10H2,1-3H3;1H. The molecule has 1 saturated heterocycles. The van der Waals surface area contributed by atoms with Gasteiger partial charge in [0.15, 0.2) is 0 Å². The maximum absolute atomic E-state index is 12.5. The van der Waals surface area contributed by atoms with E-state index in [0.717, 1.165) is 42.7 Å². The van der Waals surface area contributed by atoms with Gasteiger partial charge in [0, 0.05) is 18.7 Å². The highest BCUT2D eigenvalue weighted by atomic mass is 35.5. The quantitative estimate of drug-likeness (QED) is 0.923. The van der Waals surface area contributed by atoms with Gasteiger partial charge in [0.2, 0.25) is 0 Å². The Morgan fingerprint density at radius 2 is 2.16 bits per heavy atom. The van der Waals surface area contributed by atoms with Gasteiger partial charge in [-0.3, -0.25) is 4.79 Å². The molecule has 1 heterocycles. The van der Waals surface area contributed by atoms with E-state index in [0.29, 0.717) is 5.92 Å². The summed E-state index contributed by atoms with van der Waals surface area (Å²) in [5.74, 6) is 0.791. The van der Waals surface area contributed by atoms with Crippen molar-refractivity contribution in [1.29, 1.82) is 0 Å². The SMILES string of the molecule is CNCC1CCN(C(=O)c2cc(C)ccc2C)C1.Cl. The summed E-state index contributed by atoms with van der Waals surface area (Å²) < 4.78 is 0. The normalized spacial score (nSPS) is 18.3. The largest absolute Gasteiger partial charge is 0.338 e. The van der Waals surface area contributed by atoms with Crippen molar-refractivity contribution in [2.75, 3.05) is 26.7 Å². The summed E-state index contributed by atoms with van der Waals surface area (Å²) in [6.07, 6.45) is 1.11. The fourth-order valence-electron chi connectivity index (χ4n) is 2.61. The van der Waals surface area contributed by atoms with E-state index in [1.807, 2.05) is 37.9 Å². The lowest BCUT2D eigenvalue weighted by Gasteiger charge is -2.18. The maximum Gasteiger partial charge on any atom is 0.254 e. The number of nitrogens with zero attached hydrogens (tertiary/aromatic N) is 1. The summed E-state index contributed by atoms with van der Waals surface area (Å²) in [4.78, 5) is 14.5. The van der Waals surface area contributed by atoms with Crippen LogP contribution >= 0.6 is 12.4 Å². The molecule has 0 aromatic heterocycles. The third kappa shape index (κ3) is 3.71. The van der Waals surface area contributed by atoms with Crippen molar-refractivity contribution in [3.8, 4) is 0 Å². The second-order valence-corrected chi connectivity index (χ2v) is 5.28. The van der Waals surface area contributed by atoms with E-state index < -0.39 is 0 Å². The number of rotatable bonds is 3. The first-order valence-corrected chi connectivity index (χ1v) is 6.63. The number of likely N-dealkylation sites (tertiary alicyclic amines) is 1. The highest BCUT2D eigenvalue weighted by Gasteiger charge is 2.27. The molecule has 1 amide bonds. The second-order valence-electron chi connectivity index (χ2n) is 5.28. The Kier molecular flexibility index (Phi) is 5.83. The lowest BCUT2D eigenvalue weighted by molar-refractivity contribution is 0.0786. The molecular weight excluding hydrogens is 260 g/mol. The van der Waals surface area contributed by atoms with Gasteiger partial charge in [-0.25, -0.2) is 0 Å². The summed E-state index contributed by atoms with van der Waals surface area (Å²) in [7, 11) is 1.97. The van der Waals surface area contributed by atoms with E-state index in [-0.39, 0.29) is 18.3 Å². The summed E-state index contributed by atoms with van der Waals surface area (Å²) in [5, 5.41) is 3.19. The fourth-order valence-corrected chi connectivity index (χ4v) is 2.61. The lowest BCUT2D eigenvalue weighted by atomic mass is 10.0. The number of aryl methyl sites for hydroxylation is 2. The number of hydrogen-bond donors (Lipinski definition) is 1. The molecule has 1 atom stereocenters. The van der Waals surface area contributed by atoms with Crippen molar-refractivity contribution < 1.29 is 4.79 Å². The van der Waals surface area contributed by atoms with Crippen molar-refractivity contribution in [2.45, 2.75) is 20.3 Å². The Balaban J connectivity index is 0.00000180. The van der Waals surface area contributed by atoms with Gasteiger partial charge in [0.05, 0.1) is 0 Å². The minimum absolute atomic E-state index is 0. The van der Waals surface area contributed by atoms with Gasteiger partial charge >= 0.3 is 0 Å². The van der Waals surface area contributed by atoms with Crippen LogP contribution in [-0.4, -0.2) is 37.5 Å². The molecule has 0 saturated carbocycles. The summed E-state index contributed by atoms with van der Waals surface area (Å²) in [6, 6.07) is 6.09. The van der Waals surface area contributed by atoms with E-state index in [2.05, 4.69) is 11.4 Å². The zero-order chi connectivity index (χ0) is 13.1. The van der Waals surface area contributed by atoms with Crippen LogP contribution in [-0.2, 0) is 0 Å². The molecule has 19 heavy (non-hydrogen) atoms. The van der Waals surface area contributed by atoms with E-state index in [9.17, 15) is 4.79 Å². The molecular formula is C15H23ClN2O. The lowest BCUT2D eigenvalue weighted by Crippen LogP contribution is -2.30. The maximum atomic E-state index is 12.5. The monoisotopic (exact) mass is 282 g/mol. The van der Waals surface area contributed by atoms with Gasteiger partial charge in [0.1, 0.15) is 0 Å². The van der Waals surface area contributed by atoms with Crippen molar-refractivity contribution in [1.82, 2.24) is 10.2 Å². The number of carbonyl (C=O) groups is 1. The third-order valence-corrected chi connectivity index (χ3v) is 3.69. The molecule has 2 rings (SSSR count). The van der Waals surface area contributed by atoms with E-state index in [1.165, 1.54) is 0 Å². The summed E-state index contributed by atoms with van der Waals surface area (Å²) in [6.45, 7) is 6.81. The van der Waals surface area contributed by atoms with Crippen LogP contribution in [0.15, 0.2) is 18.2 Å². The molecule has 1 fully saturated rings. The van der Waals surface area contributed by atoms with Crippen LogP contribution in [0.2, 0.25) is 0 Å². The summed E-state index contributed by atoms with van der Waals surface area (Å²) >= 11 is 0. The van der Waals surface area contributed by atoms with Crippen molar-refractivity contribution in [3.63, 3.8) is 0 Å². The molecule has 1 aliphatic rings. The molecule has 0 bridgehead atoms. The third-order valence-electron chi connectivity index (χ3n) is 3.69. The molecule has 1 aromatic carbocycles. The van der Waals surface area contributed by atoms with Crippen molar-refractivity contribution in [3.05, 3.63) is 34.9 Å². The number of nitrogens with one attached hydrogen (secondary N) is 1. The zero-order valence-corrected chi connectivity index (χ0v) is 12.7. The Morgan fingerprint density at radius 3 is 2.84 bits per heavy atom. The first kappa shape index (κ1) is 16.0. The van der Waals surface area contributed by atoms with Gasteiger partial charge in [-0.05, 0) is 51.4 Å². The topological polar surface area (TPSA) is 32.3 Å². The average molecular weight is 283 g/mol. The van der Waals surface area contributed by atoms with Gasteiger partial charge in [-0.2, -0.15) is 0 Å². The van der Waals surface area contributed by atoms with Crippen LogP contribution in [0.4, 0.5) is 0 Å². The van der Waals surface area contributed by atoms with Crippen LogP contribution in [0.5, 0.6) is 0 Å². The van der Waals surface area contributed by atoms with Crippen molar-refractivity contribution in [2.24, 2.45) is 5.92 Å².